The van der Waals surface area contributed by atoms with Gasteiger partial charge in [-0.3, -0.25) is 19.7 Å². The van der Waals surface area contributed by atoms with Crippen LogP contribution in [0.25, 0.3) is 0 Å². The van der Waals surface area contributed by atoms with E-state index >= 15 is 0 Å². The van der Waals surface area contributed by atoms with Crippen molar-refractivity contribution in [3.05, 3.63) is 69.5 Å². The number of Topliss-reactive ketones (excluding diaryl/α,β-unsaturated/α-hetero) is 2. The minimum Gasteiger partial charge on any atom is -0.507 e. The molecule has 1 aliphatic heterocycles. The number of aliphatic hydroxyl groups excluding tert-OH is 1. The Morgan fingerprint density at radius 3 is 2.49 bits per heavy atom. The molecule has 0 amide bonds. The van der Waals surface area contributed by atoms with Crippen LogP contribution in [0, 0.1) is 5.92 Å². The van der Waals surface area contributed by atoms with Gasteiger partial charge in [0.2, 0.25) is 11.4 Å². The molecule has 5 rings (SSSR count). The number of aliphatic imine (C=N–C) groups is 1. The molecule has 12 nitrogen and oxygen atoms in total. The van der Waals surface area contributed by atoms with Gasteiger partial charge in [0.1, 0.15) is 40.5 Å². The molecule has 1 unspecified atom stereocenters. The number of hydrogen-bond donors (Lipinski definition) is 2. The number of carbonyl (C=O) groups is 2. The molecule has 13 heteroatoms. The Labute approximate surface area is 252 Å². The minimum atomic E-state index is -1.93. The van der Waals surface area contributed by atoms with Crippen LogP contribution >= 0.6 is 11.6 Å². The van der Waals surface area contributed by atoms with E-state index in [1.807, 2.05) is 0 Å². The molecular weight excluding hydrogens is 580 g/mol. The van der Waals surface area contributed by atoms with Gasteiger partial charge in [-0.1, -0.05) is 30.7 Å². The highest BCUT2D eigenvalue weighted by molar-refractivity contribution is 6.35. The summed E-state index contributed by atoms with van der Waals surface area (Å²) in [5, 5.41) is 19.0. The van der Waals surface area contributed by atoms with E-state index in [4.69, 9.17) is 40.3 Å². The van der Waals surface area contributed by atoms with E-state index in [0.717, 1.165) is 0 Å². The van der Waals surface area contributed by atoms with E-state index in [1.54, 1.807) is 45.2 Å². The molecule has 0 saturated carbocycles. The van der Waals surface area contributed by atoms with Crippen molar-refractivity contribution < 1.29 is 38.4 Å². The molecule has 0 saturated heterocycles. The second kappa shape index (κ2) is 11.7. The molecule has 2 heterocycles. The van der Waals surface area contributed by atoms with Crippen LogP contribution in [0.2, 0.25) is 5.02 Å². The third-order valence-corrected chi connectivity index (χ3v) is 8.02. The van der Waals surface area contributed by atoms with Crippen LogP contribution in [0.4, 0.5) is 0 Å². The number of allylic oxidation sites excluding steroid dienone is 1. The van der Waals surface area contributed by atoms with Crippen molar-refractivity contribution in [3.63, 3.8) is 0 Å². The summed E-state index contributed by atoms with van der Waals surface area (Å²) in [7, 11) is 5.91. The fraction of sp³-hybridized carbons (Fsp3) is 0.367. The monoisotopic (exact) mass is 610 g/mol. The number of methoxy groups -OCH3 is 4. The number of nitrogens with zero attached hydrogens (tertiary/aromatic N) is 3. The van der Waals surface area contributed by atoms with Crippen LogP contribution in [0.5, 0.6) is 23.0 Å². The standard InChI is InChI=1S/C30H31ClN4O8/c1-14-11-18(36)22(27(37)30(14)28(38)23-19(41-5)12-20(42-6)24(31)26(23)43-30)15(2)32-25(16-7-9-17(40-4)10-8-16)29-33-21(13-39-3)34-35-29/h7-10,12,14,25,37H,11,13H2,1-6H3,(H,33,34,35)/t14-,25?,30+/m1/s1. The van der Waals surface area contributed by atoms with Gasteiger partial charge in [-0.05, 0) is 24.6 Å². The summed E-state index contributed by atoms with van der Waals surface area (Å²) in [4.78, 5) is 36.9. The molecule has 1 aliphatic carbocycles. The molecule has 0 bridgehead atoms. The van der Waals surface area contributed by atoms with Crippen molar-refractivity contribution in [2.75, 3.05) is 28.4 Å². The second-order valence-electron chi connectivity index (χ2n) is 10.2. The van der Waals surface area contributed by atoms with Gasteiger partial charge in [0.05, 0.1) is 26.9 Å². The number of rotatable bonds is 9. The van der Waals surface area contributed by atoms with Crippen molar-refractivity contribution >= 4 is 28.9 Å². The van der Waals surface area contributed by atoms with Crippen LogP contribution in [0.15, 0.2) is 46.7 Å². The summed E-state index contributed by atoms with van der Waals surface area (Å²) < 4.78 is 27.5. The Morgan fingerprint density at radius 2 is 1.86 bits per heavy atom. The predicted molar refractivity (Wildman–Crippen MR) is 156 cm³/mol. The van der Waals surface area contributed by atoms with Crippen LogP contribution < -0.4 is 18.9 Å². The number of aromatic amines is 1. The number of aliphatic hydroxyl groups is 1. The van der Waals surface area contributed by atoms with Crippen LogP contribution in [-0.4, -0.2) is 71.6 Å². The molecule has 226 valence electrons. The molecule has 3 aromatic rings. The Balaban J connectivity index is 1.65. The van der Waals surface area contributed by atoms with Crippen molar-refractivity contribution in [2.45, 2.75) is 38.5 Å². The number of halogens is 1. The zero-order valence-electron chi connectivity index (χ0n) is 24.5. The van der Waals surface area contributed by atoms with Crippen LogP contribution in [0.1, 0.15) is 53.9 Å². The highest BCUT2D eigenvalue weighted by Crippen LogP contribution is 2.54. The quantitative estimate of drug-likeness (QED) is 0.328. The first-order chi connectivity index (χ1) is 20.6. The zero-order chi connectivity index (χ0) is 31.1. The number of H-pyrrole nitrogens is 1. The Bertz CT molecular complexity index is 1650. The predicted octanol–water partition coefficient (Wildman–Crippen LogP) is 4.62. The SMILES string of the molecule is COCc1nc(C(N=C(C)C2=C(O)[C@@]3(Oc4c(Cl)c(OC)cc(OC)c4C3=O)[C@H](C)CC2=O)c2ccc(OC)cc2)n[nH]1. The number of hydrogen-bond acceptors (Lipinski definition) is 11. The molecule has 1 spiro atoms. The largest absolute Gasteiger partial charge is 0.507 e. The van der Waals surface area contributed by atoms with Gasteiger partial charge in [0.15, 0.2) is 28.9 Å². The molecule has 1 aromatic heterocycles. The van der Waals surface area contributed by atoms with Crippen LogP contribution in [-0.2, 0) is 16.1 Å². The third kappa shape index (κ3) is 4.90. The Hall–Kier alpha value is -4.42. The number of aromatic nitrogens is 3. The van der Waals surface area contributed by atoms with Gasteiger partial charge in [-0.2, -0.15) is 5.10 Å². The van der Waals surface area contributed by atoms with E-state index in [9.17, 15) is 14.7 Å². The second-order valence-corrected chi connectivity index (χ2v) is 10.6. The van der Waals surface area contributed by atoms with Crippen molar-refractivity contribution in [2.24, 2.45) is 10.9 Å². The molecule has 2 aromatic carbocycles. The maximum absolute atomic E-state index is 14.1. The van der Waals surface area contributed by atoms with E-state index in [1.165, 1.54) is 27.4 Å². The van der Waals surface area contributed by atoms with E-state index in [2.05, 4.69) is 15.2 Å². The summed E-state index contributed by atoms with van der Waals surface area (Å²) in [6.07, 6.45) is -0.102. The normalized spacial score (nSPS) is 20.7. The van der Waals surface area contributed by atoms with Gasteiger partial charge in [-0.25, -0.2) is 4.98 Å². The van der Waals surface area contributed by atoms with Crippen LogP contribution in [0.3, 0.4) is 0 Å². The number of fused-ring (bicyclic) bond motifs is 1. The number of ketones is 2. The van der Waals surface area contributed by atoms with Gasteiger partial charge >= 0.3 is 0 Å². The van der Waals surface area contributed by atoms with Crippen molar-refractivity contribution in [3.8, 4) is 23.0 Å². The van der Waals surface area contributed by atoms with Gasteiger partial charge in [0, 0.05) is 31.2 Å². The lowest BCUT2D eigenvalue weighted by atomic mass is 9.72. The molecule has 43 heavy (non-hydrogen) atoms. The highest BCUT2D eigenvalue weighted by atomic mass is 35.5. The summed E-state index contributed by atoms with van der Waals surface area (Å²) >= 11 is 6.54. The fourth-order valence-corrected chi connectivity index (χ4v) is 5.75. The first-order valence-corrected chi connectivity index (χ1v) is 13.7. The number of nitrogens with one attached hydrogen (secondary N) is 1. The molecule has 0 radical (unpaired) electrons. The number of ether oxygens (including phenoxy) is 5. The first kappa shape index (κ1) is 30.1. The first-order valence-electron chi connectivity index (χ1n) is 13.3. The number of benzene rings is 2. The van der Waals surface area contributed by atoms with E-state index < -0.39 is 34.9 Å². The highest BCUT2D eigenvalue weighted by Gasteiger charge is 2.61. The molecule has 2 aliphatic rings. The average molecular weight is 611 g/mol. The minimum absolute atomic E-state index is 0.00654. The van der Waals surface area contributed by atoms with Gasteiger partial charge in [-0.15, -0.1) is 0 Å². The molecular formula is C30H31ClN4O8. The number of carbonyl (C=O) groups excluding carboxylic acids is 2. The Kier molecular flexibility index (Phi) is 8.17. The summed E-state index contributed by atoms with van der Waals surface area (Å²) in [5.74, 6) is -0.456. The van der Waals surface area contributed by atoms with E-state index in [-0.39, 0.29) is 52.1 Å². The molecule has 3 atom stereocenters. The zero-order valence-corrected chi connectivity index (χ0v) is 25.2. The summed E-state index contributed by atoms with van der Waals surface area (Å²) in [6.45, 7) is 3.44. The summed E-state index contributed by atoms with van der Waals surface area (Å²) in [6, 6.07) is 7.82. The lowest BCUT2D eigenvalue weighted by molar-refractivity contribution is -0.118. The Morgan fingerprint density at radius 1 is 1.16 bits per heavy atom. The third-order valence-electron chi connectivity index (χ3n) is 7.66. The topological polar surface area (TPSA) is 154 Å². The van der Waals surface area contributed by atoms with Crippen molar-refractivity contribution in [1.29, 1.82) is 0 Å². The molecule has 0 fully saturated rings. The molecule has 2 N–H and O–H groups in total. The summed E-state index contributed by atoms with van der Waals surface area (Å²) in [5.41, 5.74) is -1.16. The average Bonchev–Trinajstić information content (AvgIpc) is 3.59. The van der Waals surface area contributed by atoms with Gasteiger partial charge < -0.3 is 28.8 Å². The smallest absolute Gasteiger partial charge is 0.231 e. The van der Waals surface area contributed by atoms with Crippen molar-refractivity contribution in [1.82, 2.24) is 15.2 Å². The van der Waals surface area contributed by atoms with E-state index in [0.29, 0.717) is 23.0 Å². The lowest BCUT2D eigenvalue weighted by Gasteiger charge is -2.37. The maximum Gasteiger partial charge on any atom is 0.231 e. The lowest BCUT2D eigenvalue weighted by Crippen LogP contribution is -2.53. The van der Waals surface area contributed by atoms with Gasteiger partial charge in [0.25, 0.3) is 0 Å². The maximum atomic E-state index is 14.1. The fourth-order valence-electron chi connectivity index (χ4n) is 5.49.